The van der Waals surface area contributed by atoms with Gasteiger partial charge in [0.2, 0.25) is 0 Å². The fourth-order valence-electron chi connectivity index (χ4n) is 3.08. The number of allylic oxidation sites excluding steroid dienone is 2. The van der Waals surface area contributed by atoms with E-state index in [1.807, 2.05) is 6.92 Å². The molecule has 2 aromatic rings. The zero-order valence-corrected chi connectivity index (χ0v) is 16.6. The summed E-state index contributed by atoms with van der Waals surface area (Å²) < 4.78 is 0. The monoisotopic (exact) mass is 345 g/mol. The summed E-state index contributed by atoms with van der Waals surface area (Å²) in [5, 5.41) is 0. The normalized spacial score (nSPS) is 12.5. The molecule has 136 valence electrons. The van der Waals surface area contributed by atoms with E-state index in [9.17, 15) is 0 Å². The summed E-state index contributed by atoms with van der Waals surface area (Å²) in [5.41, 5.74) is 7.00. The molecule has 26 heavy (non-hydrogen) atoms. The SMILES string of the molecule is C=C(C)/C(=C/CCC)C(=C)N(C)c1ccc(C(C)c2ccccc2)cc1. The summed E-state index contributed by atoms with van der Waals surface area (Å²) in [6.07, 6.45) is 4.41. The van der Waals surface area contributed by atoms with Crippen molar-refractivity contribution in [1.29, 1.82) is 0 Å². The molecular formula is C25H31N. The van der Waals surface area contributed by atoms with Crippen molar-refractivity contribution in [3.05, 3.63) is 102 Å². The van der Waals surface area contributed by atoms with Crippen molar-refractivity contribution >= 4 is 5.69 Å². The minimum absolute atomic E-state index is 0.384. The Bertz CT molecular complexity index is 766. The first kappa shape index (κ1) is 19.8. The Morgan fingerprint density at radius 3 is 2.12 bits per heavy atom. The lowest BCUT2D eigenvalue weighted by atomic mass is 9.93. The summed E-state index contributed by atoms with van der Waals surface area (Å²) in [6.45, 7) is 14.9. The lowest BCUT2D eigenvalue weighted by Crippen LogP contribution is -2.17. The van der Waals surface area contributed by atoms with E-state index in [4.69, 9.17) is 0 Å². The zero-order chi connectivity index (χ0) is 19.1. The average Bonchev–Trinajstić information content (AvgIpc) is 2.67. The van der Waals surface area contributed by atoms with Crippen LogP contribution in [-0.4, -0.2) is 7.05 Å². The highest BCUT2D eigenvalue weighted by atomic mass is 15.1. The molecule has 0 aromatic heterocycles. The second-order valence-corrected chi connectivity index (χ2v) is 6.92. The van der Waals surface area contributed by atoms with Crippen LogP contribution in [0.25, 0.3) is 0 Å². The van der Waals surface area contributed by atoms with E-state index in [-0.39, 0.29) is 0 Å². The van der Waals surface area contributed by atoms with Gasteiger partial charge in [-0.25, -0.2) is 0 Å². The Balaban J connectivity index is 2.19. The summed E-state index contributed by atoms with van der Waals surface area (Å²) >= 11 is 0. The number of rotatable bonds is 8. The first-order valence-electron chi connectivity index (χ1n) is 9.39. The van der Waals surface area contributed by atoms with E-state index in [1.54, 1.807) is 0 Å². The fraction of sp³-hybridized carbons (Fsp3) is 0.280. The number of likely N-dealkylation sites (N-methyl/N-ethyl adjacent to an activating group) is 1. The summed E-state index contributed by atoms with van der Waals surface area (Å²) in [4.78, 5) is 2.15. The van der Waals surface area contributed by atoms with Crippen LogP contribution in [0.4, 0.5) is 5.69 Å². The van der Waals surface area contributed by atoms with Crippen LogP contribution in [0.2, 0.25) is 0 Å². The molecule has 1 heteroatoms. The minimum atomic E-state index is 0.384. The average molecular weight is 346 g/mol. The quantitative estimate of drug-likeness (QED) is 0.462. The number of nitrogens with zero attached hydrogens (tertiary/aromatic N) is 1. The van der Waals surface area contributed by atoms with Gasteiger partial charge in [-0.05, 0) is 47.8 Å². The number of benzene rings is 2. The van der Waals surface area contributed by atoms with Crippen molar-refractivity contribution in [2.45, 2.75) is 39.5 Å². The molecule has 0 saturated carbocycles. The van der Waals surface area contributed by atoms with E-state index in [0.29, 0.717) is 5.92 Å². The van der Waals surface area contributed by atoms with Crippen molar-refractivity contribution in [2.75, 3.05) is 11.9 Å². The molecule has 0 aliphatic rings. The summed E-state index contributed by atoms with van der Waals surface area (Å²) in [7, 11) is 2.07. The van der Waals surface area contributed by atoms with Crippen molar-refractivity contribution in [1.82, 2.24) is 0 Å². The molecule has 0 aliphatic carbocycles. The second-order valence-electron chi connectivity index (χ2n) is 6.92. The molecular weight excluding hydrogens is 314 g/mol. The maximum atomic E-state index is 4.31. The van der Waals surface area contributed by atoms with Gasteiger partial charge in [0.05, 0.1) is 0 Å². The van der Waals surface area contributed by atoms with Crippen LogP contribution in [0.5, 0.6) is 0 Å². The van der Waals surface area contributed by atoms with Gasteiger partial charge in [0.15, 0.2) is 0 Å². The highest BCUT2D eigenvalue weighted by Gasteiger charge is 2.12. The van der Waals surface area contributed by atoms with Crippen molar-refractivity contribution in [2.24, 2.45) is 0 Å². The van der Waals surface area contributed by atoms with Crippen LogP contribution in [0.15, 0.2) is 90.7 Å². The van der Waals surface area contributed by atoms with Crippen LogP contribution < -0.4 is 4.90 Å². The third-order valence-corrected chi connectivity index (χ3v) is 4.89. The Morgan fingerprint density at radius 2 is 1.58 bits per heavy atom. The maximum absolute atomic E-state index is 4.31. The Morgan fingerprint density at radius 1 is 1.00 bits per heavy atom. The molecule has 0 aliphatic heterocycles. The van der Waals surface area contributed by atoms with E-state index < -0.39 is 0 Å². The standard InChI is InChI=1S/C25H31N/c1-7-8-14-25(19(2)3)21(5)26(6)24-17-15-23(16-18-24)20(4)22-12-10-9-11-13-22/h9-18,20H,2,5,7-8H2,1,3-4,6H3/b25-14-. The topological polar surface area (TPSA) is 3.24 Å². The van der Waals surface area contributed by atoms with Crippen molar-refractivity contribution in [3.8, 4) is 0 Å². The van der Waals surface area contributed by atoms with Gasteiger partial charge in [0, 0.05) is 24.4 Å². The van der Waals surface area contributed by atoms with Gasteiger partial charge in [-0.2, -0.15) is 0 Å². The third kappa shape index (κ3) is 4.76. The lowest BCUT2D eigenvalue weighted by molar-refractivity contribution is 0.921. The molecule has 0 radical (unpaired) electrons. The van der Waals surface area contributed by atoms with Crippen molar-refractivity contribution in [3.63, 3.8) is 0 Å². The van der Waals surface area contributed by atoms with E-state index in [2.05, 4.69) is 99.6 Å². The molecule has 0 N–H and O–H groups in total. The number of hydrogen-bond donors (Lipinski definition) is 0. The molecule has 2 rings (SSSR count). The fourth-order valence-corrected chi connectivity index (χ4v) is 3.08. The van der Waals surface area contributed by atoms with Crippen LogP contribution in [0, 0.1) is 0 Å². The van der Waals surface area contributed by atoms with Gasteiger partial charge in [-0.1, -0.05) is 82.0 Å². The molecule has 1 nitrogen and oxygen atoms in total. The zero-order valence-electron chi connectivity index (χ0n) is 16.6. The number of anilines is 1. The molecule has 0 saturated heterocycles. The molecule has 2 aromatic carbocycles. The van der Waals surface area contributed by atoms with Crippen molar-refractivity contribution < 1.29 is 0 Å². The van der Waals surface area contributed by atoms with Gasteiger partial charge < -0.3 is 4.90 Å². The van der Waals surface area contributed by atoms with Crippen LogP contribution in [0.1, 0.15) is 50.7 Å². The van der Waals surface area contributed by atoms with Crippen LogP contribution >= 0.6 is 0 Å². The number of hydrogen-bond acceptors (Lipinski definition) is 1. The molecule has 0 spiro atoms. The second kappa shape index (κ2) is 9.24. The van der Waals surface area contributed by atoms with E-state index in [0.717, 1.165) is 35.4 Å². The number of unbranched alkanes of at least 4 members (excludes halogenated alkanes) is 1. The van der Waals surface area contributed by atoms with Gasteiger partial charge in [0.1, 0.15) is 0 Å². The molecule has 1 atom stereocenters. The predicted molar refractivity (Wildman–Crippen MR) is 116 cm³/mol. The minimum Gasteiger partial charge on any atom is -0.345 e. The largest absolute Gasteiger partial charge is 0.345 e. The lowest BCUT2D eigenvalue weighted by Gasteiger charge is -2.25. The van der Waals surface area contributed by atoms with Gasteiger partial charge in [-0.15, -0.1) is 0 Å². The summed E-state index contributed by atoms with van der Waals surface area (Å²) in [6, 6.07) is 19.4. The van der Waals surface area contributed by atoms with Crippen LogP contribution in [0.3, 0.4) is 0 Å². The predicted octanol–water partition coefficient (Wildman–Crippen LogP) is 7.09. The van der Waals surface area contributed by atoms with E-state index in [1.165, 1.54) is 11.1 Å². The first-order valence-corrected chi connectivity index (χ1v) is 9.39. The molecule has 1 unspecified atom stereocenters. The molecule has 0 heterocycles. The van der Waals surface area contributed by atoms with Gasteiger partial charge >= 0.3 is 0 Å². The highest BCUT2D eigenvalue weighted by molar-refractivity contribution is 5.59. The molecule has 0 amide bonds. The Kier molecular flexibility index (Phi) is 7.03. The van der Waals surface area contributed by atoms with E-state index >= 15 is 0 Å². The first-order chi connectivity index (χ1) is 12.5. The summed E-state index contributed by atoms with van der Waals surface area (Å²) in [5.74, 6) is 0.384. The molecule has 0 bridgehead atoms. The Hall–Kier alpha value is -2.54. The molecule has 0 fully saturated rings. The van der Waals surface area contributed by atoms with Crippen LogP contribution in [-0.2, 0) is 0 Å². The highest BCUT2D eigenvalue weighted by Crippen LogP contribution is 2.29. The third-order valence-electron chi connectivity index (χ3n) is 4.89. The van der Waals surface area contributed by atoms with Gasteiger partial charge in [0.25, 0.3) is 0 Å². The van der Waals surface area contributed by atoms with Gasteiger partial charge in [-0.3, -0.25) is 0 Å². The Labute approximate surface area is 159 Å². The smallest absolute Gasteiger partial charge is 0.0408 e. The maximum Gasteiger partial charge on any atom is 0.0408 e.